The second kappa shape index (κ2) is 11.3. The number of anilines is 3. The van der Waals surface area contributed by atoms with Crippen LogP contribution in [-0.4, -0.2) is 44.0 Å². The predicted octanol–water partition coefficient (Wildman–Crippen LogP) is 5.70. The van der Waals surface area contributed by atoms with E-state index in [4.69, 9.17) is 0 Å². The molecule has 0 aliphatic carbocycles. The van der Waals surface area contributed by atoms with Gasteiger partial charge in [0, 0.05) is 50.7 Å². The minimum atomic E-state index is -0.702. The molecule has 1 unspecified atom stereocenters. The highest BCUT2D eigenvalue weighted by Crippen LogP contribution is 2.42. The Hall–Kier alpha value is -4.06. The summed E-state index contributed by atoms with van der Waals surface area (Å²) in [5.41, 5.74) is 4.68. The highest BCUT2D eigenvalue weighted by molar-refractivity contribution is 6.16. The van der Waals surface area contributed by atoms with E-state index in [2.05, 4.69) is 18.7 Å². The molecule has 1 atom stereocenters. The van der Waals surface area contributed by atoms with Gasteiger partial charge in [-0.1, -0.05) is 42.5 Å². The third kappa shape index (κ3) is 5.38. The van der Waals surface area contributed by atoms with Crippen LogP contribution in [0, 0.1) is 0 Å². The first-order valence-electron chi connectivity index (χ1n) is 12.8. The molecular weight excluding hydrogens is 462 g/mol. The highest BCUT2D eigenvalue weighted by Gasteiger charge is 2.44. The molecule has 6 nitrogen and oxygen atoms in total. The van der Waals surface area contributed by atoms with E-state index in [0.717, 1.165) is 35.6 Å². The van der Waals surface area contributed by atoms with Crippen molar-refractivity contribution >= 4 is 28.8 Å². The first kappa shape index (κ1) is 26.0. The van der Waals surface area contributed by atoms with Crippen molar-refractivity contribution in [3.05, 3.63) is 101 Å². The zero-order valence-corrected chi connectivity index (χ0v) is 22.0. The van der Waals surface area contributed by atoms with Crippen molar-refractivity contribution in [2.45, 2.75) is 32.7 Å². The van der Waals surface area contributed by atoms with E-state index in [0.29, 0.717) is 12.1 Å². The number of rotatable bonds is 10. The molecule has 4 rings (SSSR count). The average molecular weight is 498 g/mol. The lowest BCUT2D eigenvalue weighted by Crippen LogP contribution is -2.31. The minimum Gasteiger partial charge on any atom is -0.503 e. The molecule has 6 heteroatoms. The number of hydrogen-bond donors (Lipinski definition) is 1. The predicted molar refractivity (Wildman–Crippen MR) is 150 cm³/mol. The molecule has 37 heavy (non-hydrogen) atoms. The van der Waals surface area contributed by atoms with Gasteiger partial charge in [-0.2, -0.15) is 0 Å². The van der Waals surface area contributed by atoms with E-state index >= 15 is 0 Å². The lowest BCUT2D eigenvalue weighted by molar-refractivity contribution is -0.118. The fraction of sp³-hybridized carbons (Fsp3) is 0.290. The lowest BCUT2D eigenvalue weighted by atomic mass is 9.93. The Kier molecular flexibility index (Phi) is 7.97. The van der Waals surface area contributed by atoms with Crippen LogP contribution in [0.2, 0.25) is 0 Å². The van der Waals surface area contributed by atoms with Gasteiger partial charge in [0.1, 0.15) is 0 Å². The normalized spacial score (nSPS) is 15.3. The highest BCUT2D eigenvalue weighted by atomic mass is 16.3. The van der Waals surface area contributed by atoms with E-state index in [1.54, 1.807) is 0 Å². The molecule has 192 valence electrons. The summed E-state index contributed by atoms with van der Waals surface area (Å²) in [6, 6.07) is 24.6. The Bertz CT molecular complexity index is 1260. The summed E-state index contributed by atoms with van der Waals surface area (Å²) >= 11 is 0. The van der Waals surface area contributed by atoms with Gasteiger partial charge in [0.15, 0.2) is 11.5 Å². The number of nitrogens with zero attached hydrogens (tertiary/aromatic N) is 3. The number of aliphatic hydroxyl groups is 1. The molecule has 0 bridgehead atoms. The van der Waals surface area contributed by atoms with Gasteiger partial charge < -0.3 is 14.9 Å². The maximum absolute atomic E-state index is 13.5. The van der Waals surface area contributed by atoms with Gasteiger partial charge >= 0.3 is 0 Å². The van der Waals surface area contributed by atoms with E-state index in [-0.39, 0.29) is 17.8 Å². The zero-order valence-electron chi connectivity index (χ0n) is 22.0. The summed E-state index contributed by atoms with van der Waals surface area (Å²) in [7, 11) is 3.90. The van der Waals surface area contributed by atoms with Crippen LogP contribution in [0.5, 0.6) is 0 Å². The number of amides is 1. The van der Waals surface area contributed by atoms with Crippen molar-refractivity contribution in [3.8, 4) is 0 Å². The number of aliphatic hydroxyl groups excluding tert-OH is 1. The molecular formula is C31H35N3O3. The van der Waals surface area contributed by atoms with Crippen molar-refractivity contribution in [2.24, 2.45) is 0 Å². The summed E-state index contributed by atoms with van der Waals surface area (Å²) in [4.78, 5) is 32.7. The van der Waals surface area contributed by atoms with Gasteiger partial charge in [0.2, 0.25) is 0 Å². The molecule has 1 aliphatic heterocycles. The van der Waals surface area contributed by atoms with Crippen molar-refractivity contribution < 1.29 is 14.7 Å². The van der Waals surface area contributed by atoms with E-state index in [9.17, 15) is 14.7 Å². The molecule has 0 fully saturated rings. The first-order valence-corrected chi connectivity index (χ1v) is 12.8. The smallest absolute Gasteiger partial charge is 0.294 e. The maximum atomic E-state index is 13.5. The standard InChI is InChI=1S/C31H35N3O3/c1-5-33(6-2)25-15-13-23(14-16-25)29-28(27(35)21-12-22-10-8-7-9-11-22)30(36)31(37)34(29)26-19-17-24(18-20-26)32(3)4/h7-11,13-20,29,36H,5-6,12,21H2,1-4H3. The third-order valence-electron chi connectivity index (χ3n) is 6.97. The first-order chi connectivity index (χ1) is 17.8. The monoisotopic (exact) mass is 497 g/mol. The van der Waals surface area contributed by atoms with Gasteiger partial charge in [0.05, 0.1) is 11.6 Å². The molecule has 3 aromatic rings. The van der Waals surface area contributed by atoms with Crippen LogP contribution in [0.15, 0.2) is 90.2 Å². The van der Waals surface area contributed by atoms with Crippen molar-refractivity contribution in [1.82, 2.24) is 0 Å². The fourth-order valence-corrected chi connectivity index (χ4v) is 4.88. The number of ketones is 1. The lowest BCUT2D eigenvalue weighted by Gasteiger charge is -2.28. The van der Waals surface area contributed by atoms with Crippen LogP contribution >= 0.6 is 0 Å². The van der Waals surface area contributed by atoms with Crippen LogP contribution in [0.1, 0.15) is 37.4 Å². The number of Topliss-reactive ketones (excluding diaryl/α,β-unsaturated/α-hetero) is 1. The Balaban J connectivity index is 1.72. The van der Waals surface area contributed by atoms with Crippen molar-refractivity contribution in [1.29, 1.82) is 0 Å². The second-order valence-electron chi connectivity index (χ2n) is 9.42. The molecule has 1 aliphatic rings. The van der Waals surface area contributed by atoms with Crippen molar-refractivity contribution in [3.63, 3.8) is 0 Å². The SMILES string of the molecule is CCN(CC)c1ccc(C2C(C(=O)CCc3ccccc3)=C(O)C(=O)N2c2ccc(N(C)C)cc2)cc1. The number of carbonyl (C=O) groups excluding carboxylic acids is 2. The van der Waals surface area contributed by atoms with E-state index in [1.165, 1.54) is 4.90 Å². The Morgan fingerprint density at radius 2 is 1.46 bits per heavy atom. The quantitative estimate of drug-likeness (QED) is 0.389. The summed E-state index contributed by atoms with van der Waals surface area (Å²) in [5.74, 6) is -1.24. The molecule has 0 spiro atoms. The van der Waals surface area contributed by atoms with Gasteiger partial charge in [-0.3, -0.25) is 14.5 Å². The molecule has 0 saturated heterocycles. The molecule has 0 aromatic heterocycles. The Morgan fingerprint density at radius 3 is 2.03 bits per heavy atom. The van der Waals surface area contributed by atoms with Crippen molar-refractivity contribution in [2.75, 3.05) is 41.9 Å². The van der Waals surface area contributed by atoms with Gasteiger partial charge in [0.25, 0.3) is 5.91 Å². The second-order valence-corrected chi connectivity index (χ2v) is 9.42. The third-order valence-corrected chi connectivity index (χ3v) is 6.97. The van der Waals surface area contributed by atoms with Gasteiger partial charge in [-0.05, 0) is 67.8 Å². The molecule has 1 N–H and O–H groups in total. The largest absolute Gasteiger partial charge is 0.503 e. The summed E-state index contributed by atoms with van der Waals surface area (Å²) in [5, 5.41) is 11.0. The van der Waals surface area contributed by atoms with Crippen LogP contribution in [0.3, 0.4) is 0 Å². The molecule has 1 heterocycles. The fourth-order valence-electron chi connectivity index (χ4n) is 4.88. The summed E-state index contributed by atoms with van der Waals surface area (Å²) in [6.07, 6.45) is 0.744. The van der Waals surface area contributed by atoms with Crippen LogP contribution in [0.4, 0.5) is 17.1 Å². The van der Waals surface area contributed by atoms with Gasteiger partial charge in [-0.25, -0.2) is 0 Å². The topological polar surface area (TPSA) is 64.1 Å². The number of hydrogen-bond acceptors (Lipinski definition) is 5. The average Bonchev–Trinajstić information content (AvgIpc) is 3.19. The number of carbonyl (C=O) groups is 2. The summed E-state index contributed by atoms with van der Waals surface area (Å²) < 4.78 is 0. The Morgan fingerprint density at radius 1 is 0.865 bits per heavy atom. The summed E-state index contributed by atoms with van der Waals surface area (Å²) in [6.45, 7) is 5.98. The molecule has 0 saturated carbocycles. The molecule has 3 aromatic carbocycles. The minimum absolute atomic E-state index is 0.160. The zero-order chi connectivity index (χ0) is 26.5. The van der Waals surface area contributed by atoms with E-state index < -0.39 is 17.7 Å². The molecule has 0 radical (unpaired) electrons. The maximum Gasteiger partial charge on any atom is 0.294 e. The van der Waals surface area contributed by atoms with Crippen LogP contribution < -0.4 is 14.7 Å². The molecule has 1 amide bonds. The number of aryl methyl sites for hydroxylation is 1. The number of benzene rings is 3. The van der Waals surface area contributed by atoms with Crippen LogP contribution in [0.25, 0.3) is 0 Å². The van der Waals surface area contributed by atoms with Crippen LogP contribution in [-0.2, 0) is 16.0 Å². The van der Waals surface area contributed by atoms with E-state index in [1.807, 2.05) is 97.9 Å². The van der Waals surface area contributed by atoms with Gasteiger partial charge in [-0.15, -0.1) is 0 Å². The Labute approximate surface area is 219 Å².